The highest BCUT2D eigenvalue weighted by Crippen LogP contribution is 2.47. The average Bonchev–Trinajstić information content (AvgIpc) is 3.12. The fraction of sp³-hybridized carbons (Fsp3) is 0.588. The normalized spacial score (nSPS) is 29.2. The van der Waals surface area contributed by atoms with Crippen LogP contribution in [0, 0.1) is 24.2 Å². The van der Waals surface area contributed by atoms with Gasteiger partial charge in [-0.25, -0.2) is 0 Å². The van der Waals surface area contributed by atoms with E-state index in [0.29, 0.717) is 5.92 Å². The molecule has 1 aliphatic heterocycles. The fourth-order valence-electron chi connectivity index (χ4n) is 2.87. The van der Waals surface area contributed by atoms with Gasteiger partial charge in [-0.05, 0) is 52.1 Å². The number of hydrogen-bond donors (Lipinski definition) is 0. The molecule has 0 spiro atoms. The molecule has 2 unspecified atom stereocenters. The number of nitriles is 1. The molecule has 3 rings (SSSR count). The number of benzene rings is 1. The van der Waals surface area contributed by atoms with E-state index in [-0.39, 0.29) is 24.2 Å². The minimum absolute atomic E-state index is 0.201. The van der Waals surface area contributed by atoms with Gasteiger partial charge in [0.1, 0.15) is 0 Å². The summed E-state index contributed by atoms with van der Waals surface area (Å²) in [6.45, 7) is 10.4. The SMILES string of the molecule is Cc1cc(C2CC2C#N)ccc1B1OC(C)(C)C(C)(C)O1. The molecule has 1 aromatic rings. The van der Waals surface area contributed by atoms with E-state index >= 15 is 0 Å². The van der Waals surface area contributed by atoms with E-state index in [9.17, 15) is 0 Å². The van der Waals surface area contributed by atoms with Gasteiger partial charge in [0.15, 0.2) is 0 Å². The first-order valence-corrected chi connectivity index (χ1v) is 7.61. The number of hydrogen-bond acceptors (Lipinski definition) is 3. The van der Waals surface area contributed by atoms with E-state index in [1.165, 1.54) is 11.1 Å². The summed E-state index contributed by atoms with van der Waals surface area (Å²) in [6, 6.07) is 8.75. The van der Waals surface area contributed by atoms with Crippen LogP contribution in [0.25, 0.3) is 0 Å². The lowest BCUT2D eigenvalue weighted by Gasteiger charge is -2.32. The number of rotatable bonds is 2. The van der Waals surface area contributed by atoms with Crippen LogP contribution in [0.1, 0.15) is 51.2 Å². The van der Waals surface area contributed by atoms with Gasteiger partial charge in [-0.15, -0.1) is 0 Å². The molecule has 1 heterocycles. The molecule has 1 aliphatic carbocycles. The molecule has 3 nitrogen and oxygen atoms in total. The van der Waals surface area contributed by atoms with Gasteiger partial charge >= 0.3 is 7.12 Å². The van der Waals surface area contributed by atoms with E-state index in [4.69, 9.17) is 14.6 Å². The van der Waals surface area contributed by atoms with E-state index < -0.39 is 0 Å². The Morgan fingerprint density at radius 2 is 1.81 bits per heavy atom. The van der Waals surface area contributed by atoms with E-state index in [0.717, 1.165) is 11.9 Å². The van der Waals surface area contributed by atoms with Crippen LogP contribution in [0.4, 0.5) is 0 Å². The molecule has 0 amide bonds. The Morgan fingerprint density at radius 3 is 2.29 bits per heavy atom. The molecule has 0 radical (unpaired) electrons. The first kappa shape index (κ1) is 14.6. The average molecular weight is 283 g/mol. The Labute approximate surface area is 127 Å². The molecule has 0 N–H and O–H groups in total. The maximum absolute atomic E-state index is 8.96. The second-order valence-corrected chi connectivity index (χ2v) is 7.28. The van der Waals surface area contributed by atoms with Crippen LogP contribution in [0.3, 0.4) is 0 Å². The van der Waals surface area contributed by atoms with Gasteiger partial charge in [0.25, 0.3) is 0 Å². The lowest BCUT2D eigenvalue weighted by molar-refractivity contribution is 0.00578. The van der Waals surface area contributed by atoms with Gasteiger partial charge in [0, 0.05) is 5.92 Å². The molecule has 4 heteroatoms. The highest BCUT2D eigenvalue weighted by molar-refractivity contribution is 6.62. The fourth-order valence-corrected chi connectivity index (χ4v) is 2.87. The van der Waals surface area contributed by atoms with Gasteiger partial charge in [-0.1, -0.05) is 23.8 Å². The second kappa shape index (κ2) is 4.59. The van der Waals surface area contributed by atoms with E-state index in [1.54, 1.807) is 0 Å². The third kappa shape index (κ3) is 2.39. The minimum atomic E-state index is -0.314. The van der Waals surface area contributed by atoms with Crippen molar-refractivity contribution in [1.82, 2.24) is 0 Å². The minimum Gasteiger partial charge on any atom is -0.399 e. The maximum Gasteiger partial charge on any atom is 0.495 e. The highest BCUT2D eigenvalue weighted by atomic mass is 16.7. The first-order valence-electron chi connectivity index (χ1n) is 7.61. The van der Waals surface area contributed by atoms with E-state index in [2.05, 4.69) is 58.9 Å². The monoisotopic (exact) mass is 283 g/mol. The van der Waals surface area contributed by atoms with Gasteiger partial charge < -0.3 is 9.31 Å². The van der Waals surface area contributed by atoms with Crippen LogP contribution < -0.4 is 5.46 Å². The van der Waals surface area contributed by atoms with Crippen LogP contribution in [-0.2, 0) is 9.31 Å². The van der Waals surface area contributed by atoms with Crippen molar-refractivity contribution in [3.63, 3.8) is 0 Å². The van der Waals surface area contributed by atoms with Crippen LogP contribution >= 0.6 is 0 Å². The summed E-state index contributed by atoms with van der Waals surface area (Å²) in [5.74, 6) is 0.619. The lowest BCUT2D eigenvalue weighted by Crippen LogP contribution is -2.41. The van der Waals surface area contributed by atoms with Crippen molar-refractivity contribution in [3.05, 3.63) is 29.3 Å². The third-order valence-electron chi connectivity index (χ3n) is 5.19. The van der Waals surface area contributed by atoms with Gasteiger partial charge in [0.2, 0.25) is 0 Å². The maximum atomic E-state index is 8.96. The van der Waals surface area contributed by atoms with Crippen molar-refractivity contribution in [2.75, 3.05) is 0 Å². The summed E-state index contributed by atoms with van der Waals surface area (Å²) in [5.41, 5.74) is 2.90. The number of aryl methyl sites for hydroxylation is 1. The predicted octanol–water partition coefficient (Wildman–Crippen LogP) is 2.92. The topological polar surface area (TPSA) is 42.2 Å². The summed E-state index contributed by atoms with van der Waals surface area (Å²) in [7, 11) is -0.310. The van der Waals surface area contributed by atoms with Gasteiger partial charge in [-0.2, -0.15) is 5.26 Å². The van der Waals surface area contributed by atoms with Crippen LogP contribution in [0.15, 0.2) is 18.2 Å². The highest BCUT2D eigenvalue weighted by Gasteiger charge is 2.52. The molecule has 1 saturated carbocycles. The molecule has 110 valence electrons. The van der Waals surface area contributed by atoms with Crippen molar-refractivity contribution in [2.24, 2.45) is 5.92 Å². The predicted molar refractivity (Wildman–Crippen MR) is 83.4 cm³/mol. The van der Waals surface area contributed by atoms with Crippen molar-refractivity contribution in [3.8, 4) is 6.07 Å². The molecule has 2 aliphatic rings. The summed E-state index contributed by atoms with van der Waals surface area (Å²) < 4.78 is 12.2. The zero-order valence-corrected chi connectivity index (χ0v) is 13.4. The summed E-state index contributed by atoms with van der Waals surface area (Å²) in [6.07, 6.45) is 0.992. The molecule has 21 heavy (non-hydrogen) atoms. The van der Waals surface area contributed by atoms with Crippen molar-refractivity contribution < 1.29 is 9.31 Å². The second-order valence-electron chi connectivity index (χ2n) is 7.28. The van der Waals surface area contributed by atoms with Crippen molar-refractivity contribution in [1.29, 1.82) is 5.26 Å². The lowest BCUT2D eigenvalue weighted by atomic mass is 9.75. The standard InChI is InChI=1S/C17H22BNO2/c1-11-8-12(14-9-13(14)10-19)6-7-15(11)18-20-16(2,3)17(4,5)21-18/h6-8,13-14H,9H2,1-5H3. The Kier molecular flexibility index (Phi) is 3.20. The molecular weight excluding hydrogens is 261 g/mol. The summed E-state index contributed by atoms with van der Waals surface area (Å²) in [4.78, 5) is 0. The number of nitrogens with zero attached hydrogens (tertiary/aromatic N) is 1. The molecule has 1 saturated heterocycles. The molecule has 0 bridgehead atoms. The first-order chi connectivity index (χ1) is 9.75. The quantitative estimate of drug-likeness (QED) is 0.784. The Balaban J connectivity index is 1.83. The van der Waals surface area contributed by atoms with Crippen molar-refractivity contribution >= 4 is 12.6 Å². The van der Waals surface area contributed by atoms with Crippen LogP contribution in [-0.4, -0.2) is 18.3 Å². The zero-order chi connectivity index (χ0) is 15.4. The Bertz CT molecular complexity index is 602. The third-order valence-corrected chi connectivity index (χ3v) is 5.19. The molecular formula is C17H22BNO2. The Morgan fingerprint density at radius 1 is 1.19 bits per heavy atom. The summed E-state index contributed by atoms with van der Waals surface area (Å²) >= 11 is 0. The Hall–Kier alpha value is -1.31. The zero-order valence-electron chi connectivity index (χ0n) is 13.4. The smallest absolute Gasteiger partial charge is 0.399 e. The van der Waals surface area contributed by atoms with Crippen LogP contribution in [0.2, 0.25) is 0 Å². The van der Waals surface area contributed by atoms with E-state index in [1.807, 2.05) is 0 Å². The largest absolute Gasteiger partial charge is 0.495 e. The molecule has 1 aromatic carbocycles. The van der Waals surface area contributed by atoms with Gasteiger partial charge in [0.05, 0.1) is 23.2 Å². The molecule has 2 atom stereocenters. The van der Waals surface area contributed by atoms with Gasteiger partial charge in [-0.3, -0.25) is 0 Å². The van der Waals surface area contributed by atoms with Crippen molar-refractivity contribution in [2.45, 2.75) is 58.2 Å². The molecule has 0 aromatic heterocycles. The summed E-state index contributed by atoms with van der Waals surface area (Å²) in [5, 5.41) is 8.96. The molecule has 2 fully saturated rings. The van der Waals surface area contributed by atoms with Crippen LogP contribution in [0.5, 0.6) is 0 Å².